The number of nitrogens with one attached hydrogen (secondary N) is 2. The fraction of sp³-hybridized carbons (Fsp3) is 0.0714. The van der Waals surface area contributed by atoms with Gasteiger partial charge in [-0.15, -0.1) is 13.2 Å². The van der Waals surface area contributed by atoms with Gasteiger partial charge >= 0.3 is 6.36 Å². The highest BCUT2D eigenvalue weighted by atomic mass is 35.5. The lowest BCUT2D eigenvalue weighted by atomic mass is 10.3. The Morgan fingerprint density at radius 2 is 1.61 bits per heavy atom. The predicted molar refractivity (Wildman–Crippen MR) is 89.4 cm³/mol. The van der Waals surface area contributed by atoms with Crippen molar-refractivity contribution in [2.24, 2.45) is 0 Å². The first-order valence-corrected chi connectivity index (χ1v) is 7.28. The normalized spacial score (nSPS) is 11.0. The number of rotatable bonds is 3. The van der Waals surface area contributed by atoms with Gasteiger partial charge in [-0.3, -0.25) is 0 Å². The molecule has 9 heteroatoms. The largest absolute Gasteiger partial charge is 0.573 e. The quantitative estimate of drug-likeness (QED) is 0.669. The van der Waals surface area contributed by atoms with Crippen LogP contribution >= 0.6 is 35.4 Å². The first-order valence-electron chi connectivity index (χ1n) is 6.12. The second kappa shape index (κ2) is 7.25. The monoisotopic (exact) mass is 380 g/mol. The van der Waals surface area contributed by atoms with Gasteiger partial charge < -0.3 is 15.4 Å². The minimum absolute atomic E-state index is 0.174. The van der Waals surface area contributed by atoms with E-state index in [1.807, 2.05) is 0 Å². The third kappa shape index (κ3) is 5.78. The van der Waals surface area contributed by atoms with Crippen LogP contribution in [0.2, 0.25) is 10.0 Å². The highest BCUT2D eigenvalue weighted by Crippen LogP contribution is 2.26. The van der Waals surface area contributed by atoms with Crippen molar-refractivity contribution in [3.05, 3.63) is 52.5 Å². The summed E-state index contributed by atoms with van der Waals surface area (Å²) >= 11 is 16.8. The molecule has 0 saturated heterocycles. The number of benzene rings is 2. The first-order chi connectivity index (χ1) is 10.7. The molecular formula is C14H9Cl2F3N2OS. The Morgan fingerprint density at radius 1 is 0.957 bits per heavy atom. The molecule has 3 nitrogen and oxygen atoms in total. The number of anilines is 2. The first kappa shape index (κ1) is 17.7. The maximum atomic E-state index is 12.2. The molecule has 0 unspecified atom stereocenters. The number of halogens is 5. The summed E-state index contributed by atoms with van der Waals surface area (Å²) in [6.07, 6.45) is -4.75. The van der Waals surface area contributed by atoms with Crippen molar-refractivity contribution in [1.82, 2.24) is 0 Å². The molecule has 0 aromatic heterocycles. The van der Waals surface area contributed by atoms with E-state index in [1.54, 1.807) is 24.3 Å². The summed E-state index contributed by atoms with van der Waals surface area (Å²) in [5, 5.41) is 6.51. The number of hydrogen-bond donors (Lipinski definition) is 2. The average Bonchev–Trinajstić information content (AvgIpc) is 2.41. The molecule has 2 N–H and O–H groups in total. The summed E-state index contributed by atoms with van der Waals surface area (Å²) in [6, 6.07) is 10.1. The van der Waals surface area contributed by atoms with E-state index >= 15 is 0 Å². The Labute approximate surface area is 145 Å². The smallest absolute Gasteiger partial charge is 0.406 e. The van der Waals surface area contributed by atoms with E-state index in [0.717, 1.165) is 0 Å². The fourth-order valence-electron chi connectivity index (χ4n) is 1.64. The summed E-state index contributed by atoms with van der Waals surface area (Å²) in [5.74, 6) is -0.347. The Kier molecular flexibility index (Phi) is 5.56. The van der Waals surface area contributed by atoms with Gasteiger partial charge in [0.1, 0.15) is 5.75 Å². The van der Waals surface area contributed by atoms with Crippen molar-refractivity contribution in [2.45, 2.75) is 6.36 Å². The van der Waals surface area contributed by atoms with Gasteiger partial charge in [0.15, 0.2) is 5.11 Å². The Balaban J connectivity index is 2.02. The van der Waals surface area contributed by atoms with Crippen LogP contribution in [0.25, 0.3) is 0 Å². The third-order valence-electron chi connectivity index (χ3n) is 2.50. The van der Waals surface area contributed by atoms with Crippen molar-refractivity contribution in [1.29, 1.82) is 0 Å². The molecule has 0 heterocycles. The van der Waals surface area contributed by atoms with Crippen LogP contribution in [-0.4, -0.2) is 11.5 Å². The molecule has 0 bridgehead atoms. The van der Waals surface area contributed by atoms with E-state index in [9.17, 15) is 13.2 Å². The Hall–Kier alpha value is -1.70. The number of hydrogen-bond acceptors (Lipinski definition) is 2. The van der Waals surface area contributed by atoms with Crippen molar-refractivity contribution < 1.29 is 17.9 Å². The van der Waals surface area contributed by atoms with Crippen LogP contribution in [0, 0.1) is 0 Å². The van der Waals surface area contributed by atoms with E-state index < -0.39 is 6.36 Å². The van der Waals surface area contributed by atoms with Crippen LogP contribution in [0.3, 0.4) is 0 Å². The highest BCUT2D eigenvalue weighted by Gasteiger charge is 2.31. The van der Waals surface area contributed by atoms with E-state index in [4.69, 9.17) is 35.4 Å². The molecule has 0 atom stereocenters. The van der Waals surface area contributed by atoms with Crippen LogP contribution in [-0.2, 0) is 0 Å². The molecule has 23 heavy (non-hydrogen) atoms. The average molecular weight is 381 g/mol. The lowest BCUT2D eigenvalue weighted by Crippen LogP contribution is -2.20. The SMILES string of the molecule is FC(F)(F)Oc1cccc(NC(=S)Nc2ccc(Cl)c(Cl)c2)c1. The summed E-state index contributed by atoms with van der Waals surface area (Å²) < 4.78 is 40.4. The van der Waals surface area contributed by atoms with Crippen LogP contribution in [0.1, 0.15) is 0 Å². The van der Waals surface area contributed by atoms with Gasteiger partial charge in [0, 0.05) is 17.4 Å². The topological polar surface area (TPSA) is 33.3 Å². The predicted octanol–water partition coefficient (Wildman–Crippen LogP) is 5.70. The maximum Gasteiger partial charge on any atom is 0.573 e. The fourth-order valence-corrected chi connectivity index (χ4v) is 2.17. The van der Waals surface area contributed by atoms with E-state index in [1.165, 1.54) is 18.2 Å². The van der Waals surface area contributed by atoms with Crippen LogP contribution < -0.4 is 15.4 Å². The molecule has 0 aliphatic heterocycles. The lowest BCUT2D eigenvalue weighted by Gasteiger charge is -2.13. The lowest BCUT2D eigenvalue weighted by molar-refractivity contribution is -0.274. The van der Waals surface area contributed by atoms with E-state index in [2.05, 4.69) is 15.4 Å². The number of ether oxygens (including phenoxy) is 1. The molecule has 0 saturated carbocycles. The summed E-state index contributed by atoms with van der Waals surface area (Å²) in [5.41, 5.74) is 0.920. The van der Waals surface area contributed by atoms with Gasteiger partial charge in [-0.25, -0.2) is 0 Å². The Morgan fingerprint density at radius 3 is 2.22 bits per heavy atom. The molecule has 2 aromatic rings. The molecule has 0 fully saturated rings. The minimum atomic E-state index is -4.75. The van der Waals surface area contributed by atoms with Crippen LogP contribution in [0.15, 0.2) is 42.5 Å². The van der Waals surface area contributed by atoms with Gasteiger partial charge in [-0.1, -0.05) is 29.3 Å². The third-order valence-corrected chi connectivity index (χ3v) is 3.45. The molecular weight excluding hydrogens is 372 g/mol. The van der Waals surface area contributed by atoms with Crippen LogP contribution in [0.5, 0.6) is 5.75 Å². The maximum absolute atomic E-state index is 12.2. The van der Waals surface area contributed by atoms with Crippen molar-refractivity contribution in [3.8, 4) is 5.75 Å². The molecule has 122 valence electrons. The molecule has 0 radical (unpaired) electrons. The van der Waals surface area contributed by atoms with Crippen molar-refractivity contribution >= 4 is 51.9 Å². The van der Waals surface area contributed by atoms with Gasteiger partial charge in [0.25, 0.3) is 0 Å². The molecule has 0 aliphatic carbocycles. The van der Waals surface area contributed by atoms with Crippen molar-refractivity contribution in [2.75, 3.05) is 10.6 Å². The molecule has 0 aliphatic rings. The van der Waals surface area contributed by atoms with Gasteiger partial charge in [0.05, 0.1) is 10.0 Å². The number of thiocarbonyl (C=S) groups is 1. The summed E-state index contributed by atoms with van der Waals surface area (Å²) in [4.78, 5) is 0. The summed E-state index contributed by atoms with van der Waals surface area (Å²) in [7, 11) is 0. The summed E-state index contributed by atoms with van der Waals surface area (Å²) in [6.45, 7) is 0. The second-order valence-corrected chi connectivity index (χ2v) is 5.51. The molecule has 2 rings (SSSR count). The van der Waals surface area contributed by atoms with Gasteiger partial charge in [0.2, 0.25) is 0 Å². The molecule has 0 spiro atoms. The minimum Gasteiger partial charge on any atom is -0.406 e. The highest BCUT2D eigenvalue weighted by molar-refractivity contribution is 7.80. The van der Waals surface area contributed by atoms with Gasteiger partial charge in [-0.05, 0) is 42.5 Å². The molecule has 2 aromatic carbocycles. The van der Waals surface area contributed by atoms with Crippen molar-refractivity contribution in [3.63, 3.8) is 0 Å². The second-order valence-electron chi connectivity index (χ2n) is 4.28. The number of alkyl halides is 3. The zero-order valence-electron chi connectivity index (χ0n) is 11.2. The zero-order chi connectivity index (χ0) is 17.0. The standard InChI is InChI=1S/C14H9Cl2F3N2OS/c15-11-5-4-9(7-12(11)16)21-13(23)20-8-2-1-3-10(6-8)22-14(17,18)19/h1-7H,(H2,20,21,23). The Bertz CT molecular complexity index is 725. The van der Waals surface area contributed by atoms with E-state index in [-0.39, 0.29) is 10.9 Å². The zero-order valence-corrected chi connectivity index (χ0v) is 13.6. The van der Waals surface area contributed by atoms with Gasteiger partial charge in [-0.2, -0.15) is 0 Å². The van der Waals surface area contributed by atoms with E-state index in [0.29, 0.717) is 21.4 Å². The van der Waals surface area contributed by atoms with Crippen LogP contribution in [0.4, 0.5) is 24.5 Å². The molecule has 0 amide bonds.